The van der Waals surface area contributed by atoms with Gasteiger partial charge in [0, 0.05) is 37.4 Å². The number of anilines is 1. The van der Waals surface area contributed by atoms with E-state index in [0.717, 1.165) is 37.1 Å². The minimum atomic E-state index is -4.58. The van der Waals surface area contributed by atoms with E-state index < -0.39 is 17.8 Å². The highest BCUT2D eigenvalue weighted by Crippen LogP contribution is 2.40. The van der Waals surface area contributed by atoms with E-state index in [-0.39, 0.29) is 23.3 Å². The number of carbonyl (C=O) groups is 1. The van der Waals surface area contributed by atoms with Crippen molar-refractivity contribution >= 4 is 11.7 Å². The largest absolute Gasteiger partial charge is 0.417 e. The lowest BCUT2D eigenvalue weighted by Gasteiger charge is -2.22. The summed E-state index contributed by atoms with van der Waals surface area (Å²) in [6, 6.07) is 19.0. The van der Waals surface area contributed by atoms with Crippen LogP contribution in [0.2, 0.25) is 0 Å². The van der Waals surface area contributed by atoms with E-state index in [4.69, 9.17) is 4.74 Å². The molecule has 35 heavy (non-hydrogen) atoms. The molecule has 2 N–H and O–H groups in total. The Morgan fingerprint density at radius 3 is 2.40 bits per heavy atom. The maximum Gasteiger partial charge on any atom is 0.417 e. The molecule has 0 radical (unpaired) electrons. The first-order valence-corrected chi connectivity index (χ1v) is 11.6. The van der Waals surface area contributed by atoms with Crippen LogP contribution in [0.25, 0.3) is 11.3 Å². The van der Waals surface area contributed by atoms with E-state index in [1.807, 2.05) is 30.3 Å². The van der Waals surface area contributed by atoms with E-state index >= 15 is 0 Å². The second kappa shape index (κ2) is 10.9. The first kappa shape index (κ1) is 24.7. The number of aromatic nitrogens is 1. The number of methoxy groups -OCH3 is 1. The summed E-state index contributed by atoms with van der Waals surface area (Å²) in [4.78, 5) is 17.1. The van der Waals surface area contributed by atoms with Gasteiger partial charge in [0.05, 0.1) is 16.9 Å². The lowest BCUT2D eigenvalue weighted by molar-refractivity contribution is -0.137. The molecule has 1 saturated carbocycles. The van der Waals surface area contributed by atoms with Crippen molar-refractivity contribution in [1.82, 2.24) is 10.3 Å². The van der Waals surface area contributed by atoms with Gasteiger partial charge in [0.1, 0.15) is 0 Å². The number of carbonyl (C=O) groups excluding carboxylic acids is 1. The van der Waals surface area contributed by atoms with Crippen LogP contribution in [0.4, 0.5) is 23.7 Å². The summed E-state index contributed by atoms with van der Waals surface area (Å²) in [5, 5.41) is 5.66. The van der Waals surface area contributed by atoms with Gasteiger partial charge < -0.3 is 15.4 Å². The maximum atomic E-state index is 13.4. The van der Waals surface area contributed by atoms with Gasteiger partial charge in [0.2, 0.25) is 0 Å². The number of urea groups is 1. The molecule has 1 fully saturated rings. The van der Waals surface area contributed by atoms with E-state index in [0.29, 0.717) is 18.1 Å². The van der Waals surface area contributed by atoms with Gasteiger partial charge in [-0.3, -0.25) is 4.98 Å². The molecule has 1 aliphatic rings. The van der Waals surface area contributed by atoms with E-state index in [1.165, 1.54) is 0 Å². The highest BCUT2D eigenvalue weighted by molar-refractivity contribution is 5.93. The lowest BCUT2D eigenvalue weighted by Crippen LogP contribution is -2.39. The number of pyridine rings is 1. The molecule has 0 saturated heterocycles. The first-order valence-electron chi connectivity index (χ1n) is 11.6. The number of nitrogens with zero attached hydrogens (tertiary/aromatic N) is 1. The summed E-state index contributed by atoms with van der Waals surface area (Å²) in [7, 11) is 1.67. The second-order valence-corrected chi connectivity index (χ2v) is 8.82. The van der Waals surface area contributed by atoms with Gasteiger partial charge in [-0.05, 0) is 36.8 Å². The third-order valence-electron chi connectivity index (χ3n) is 6.45. The number of ether oxygens (including phenoxy) is 1. The third kappa shape index (κ3) is 6.19. The molecule has 1 unspecified atom stereocenters. The van der Waals surface area contributed by atoms with Gasteiger partial charge in [-0.2, -0.15) is 13.2 Å². The third-order valence-corrected chi connectivity index (χ3v) is 6.45. The van der Waals surface area contributed by atoms with Gasteiger partial charge in [-0.25, -0.2) is 4.79 Å². The minimum Gasteiger partial charge on any atom is -0.385 e. The van der Waals surface area contributed by atoms with E-state index in [2.05, 4.69) is 15.6 Å². The quantitative estimate of drug-likeness (QED) is 0.404. The molecule has 184 valence electrons. The summed E-state index contributed by atoms with van der Waals surface area (Å²) in [6.07, 6.45) is -1.24. The Labute approximate surface area is 202 Å². The summed E-state index contributed by atoms with van der Waals surface area (Å²) >= 11 is 0. The predicted molar refractivity (Wildman–Crippen MR) is 129 cm³/mol. The fraction of sp³-hybridized carbons (Fsp3) is 0.333. The number of alkyl halides is 3. The summed E-state index contributed by atoms with van der Waals surface area (Å²) in [5.41, 5.74) is 1.10. The number of amides is 2. The average molecular weight is 484 g/mol. The summed E-state index contributed by atoms with van der Waals surface area (Å²) in [5.74, 6) is 0.484. The van der Waals surface area contributed by atoms with Crippen molar-refractivity contribution in [3.63, 3.8) is 0 Å². The monoisotopic (exact) mass is 483 g/mol. The standard InChI is InChI=1S/C27H28F3N3O2/c1-35-13-12-18-14-22(19-8-4-2-5-9-19)23(15-18)32-26(34)33-24-16-21(27(28,29)30)17-31-25(24)20-10-6-3-7-11-20/h2-11,16-18,22-23H,12-15H2,1H3,(H2,32,33,34)/t18?,22-,23+/m0/s1. The smallest absolute Gasteiger partial charge is 0.385 e. The molecule has 1 heterocycles. The first-order chi connectivity index (χ1) is 16.8. The number of benzene rings is 2. The SMILES string of the molecule is COCCC1C[C@@H](NC(=O)Nc2cc(C(F)(F)F)cnc2-c2ccccc2)[C@H](c2ccccc2)C1. The zero-order valence-corrected chi connectivity index (χ0v) is 19.4. The molecule has 5 nitrogen and oxygen atoms in total. The Morgan fingerprint density at radius 1 is 1.06 bits per heavy atom. The van der Waals surface area contributed by atoms with Crippen molar-refractivity contribution in [3.8, 4) is 11.3 Å². The van der Waals surface area contributed by atoms with Crippen molar-refractivity contribution in [2.24, 2.45) is 5.92 Å². The average Bonchev–Trinajstić information content (AvgIpc) is 3.25. The van der Waals surface area contributed by atoms with Gasteiger partial charge in [0.25, 0.3) is 0 Å². The topological polar surface area (TPSA) is 63.2 Å². The van der Waals surface area contributed by atoms with Crippen molar-refractivity contribution in [3.05, 3.63) is 84.1 Å². The molecule has 3 aromatic rings. The molecule has 8 heteroatoms. The van der Waals surface area contributed by atoms with Crippen molar-refractivity contribution in [1.29, 1.82) is 0 Å². The zero-order chi connectivity index (χ0) is 24.8. The lowest BCUT2D eigenvalue weighted by atomic mass is 9.93. The van der Waals surface area contributed by atoms with Gasteiger partial charge in [-0.15, -0.1) is 0 Å². The number of halogens is 3. The Bertz CT molecular complexity index is 1120. The molecule has 0 spiro atoms. The van der Waals surface area contributed by atoms with Gasteiger partial charge in [-0.1, -0.05) is 60.7 Å². The van der Waals surface area contributed by atoms with Gasteiger partial charge >= 0.3 is 12.2 Å². The number of hydrogen-bond acceptors (Lipinski definition) is 3. The maximum absolute atomic E-state index is 13.4. The van der Waals surface area contributed by atoms with Crippen LogP contribution in [0.1, 0.15) is 36.3 Å². The van der Waals surface area contributed by atoms with Crippen LogP contribution in [0.3, 0.4) is 0 Å². The molecule has 1 aromatic heterocycles. The molecule has 1 aliphatic carbocycles. The van der Waals surface area contributed by atoms with E-state index in [1.54, 1.807) is 37.4 Å². The molecule has 2 amide bonds. The van der Waals surface area contributed by atoms with Crippen LogP contribution in [0.15, 0.2) is 72.9 Å². The molecular weight excluding hydrogens is 455 g/mol. The Hall–Kier alpha value is -3.39. The zero-order valence-electron chi connectivity index (χ0n) is 19.4. The minimum absolute atomic E-state index is 0.00807. The van der Waals surface area contributed by atoms with E-state index in [9.17, 15) is 18.0 Å². The summed E-state index contributed by atoms with van der Waals surface area (Å²) < 4.78 is 45.4. The second-order valence-electron chi connectivity index (χ2n) is 8.82. The van der Waals surface area contributed by atoms with Crippen LogP contribution in [0.5, 0.6) is 0 Å². The number of hydrogen-bond donors (Lipinski definition) is 2. The number of rotatable bonds is 7. The highest BCUT2D eigenvalue weighted by Gasteiger charge is 2.36. The van der Waals surface area contributed by atoms with Gasteiger partial charge in [0.15, 0.2) is 0 Å². The summed E-state index contributed by atoms with van der Waals surface area (Å²) in [6.45, 7) is 0.640. The highest BCUT2D eigenvalue weighted by atomic mass is 19.4. The van der Waals surface area contributed by atoms with Crippen LogP contribution >= 0.6 is 0 Å². The molecule has 2 aromatic carbocycles. The molecule has 4 rings (SSSR count). The fourth-order valence-corrected chi connectivity index (χ4v) is 4.76. The van der Waals surface area contributed by atoms with Crippen molar-refractivity contribution < 1.29 is 22.7 Å². The molecule has 3 atom stereocenters. The predicted octanol–water partition coefficient (Wildman–Crippen LogP) is 6.49. The van der Waals surface area contributed by atoms with Crippen LogP contribution < -0.4 is 10.6 Å². The molecule has 0 bridgehead atoms. The van der Waals surface area contributed by atoms with Crippen molar-refractivity contribution in [2.45, 2.75) is 37.4 Å². The fourth-order valence-electron chi connectivity index (χ4n) is 4.76. The molecule has 0 aliphatic heterocycles. The number of nitrogens with one attached hydrogen (secondary N) is 2. The van der Waals surface area contributed by atoms with Crippen LogP contribution in [-0.2, 0) is 10.9 Å². The Kier molecular flexibility index (Phi) is 7.70. The Morgan fingerprint density at radius 2 is 1.74 bits per heavy atom. The van der Waals surface area contributed by atoms with Crippen molar-refractivity contribution in [2.75, 3.05) is 19.0 Å². The van der Waals surface area contributed by atoms with Crippen LogP contribution in [-0.4, -0.2) is 30.8 Å². The Balaban J connectivity index is 1.56. The normalized spacial score (nSPS) is 19.9. The molecular formula is C27H28F3N3O2. The van der Waals surface area contributed by atoms with Crippen LogP contribution in [0, 0.1) is 5.92 Å².